The van der Waals surface area contributed by atoms with E-state index in [1.54, 1.807) is 0 Å². The van der Waals surface area contributed by atoms with Gasteiger partial charge in [0.1, 0.15) is 0 Å². The number of nitrogens with one attached hydrogen (secondary N) is 1. The second-order valence-electron chi connectivity index (χ2n) is 7.11. The molecule has 1 saturated carbocycles. The molecule has 23 heavy (non-hydrogen) atoms. The van der Waals surface area contributed by atoms with Gasteiger partial charge in [0.2, 0.25) is 0 Å². The van der Waals surface area contributed by atoms with Crippen molar-refractivity contribution in [3.05, 3.63) is 17.0 Å². The zero-order chi connectivity index (χ0) is 15.6. The Morgan fingerprint density at radius 1 is 1.17 bits per heavy atom. The van der Waals surface area contributed by atoms with Crippen LogP contribution in [0, 0.1) is 5.92 Å². The summed E-state index contributed by atoms with van der Waals surface area (Å²) >= 11 is 0. The molecule has 1 amide bonds. The fourth-order valence-electron chi connectivity index (χ4n) is 4.16. The third kappa shape index (κ3) is 3.15. The minimum Gasteiger partial charge on any atom is -0.378 e. The van der Waals surface area contributed by atoms with Crippen LogP contribution in [0.4, 0.5) is 0 Å². The van der Waals surface area contributed by atoms with Crippen LogP contribution in [0.3, 0.4) is 0 Å². The lowest BCUT2D eigenvalue weighted by atomic mass is 9.89. The summed E-state index contributed by atoms with van der Waals surface area (Å²) in [5.41, 5.74) is 2.89. The van der Waals surface area contributed by atoms with Crippen LogP contribution in [0.2, 0.25) is 0 Å². The fraction of sp³-hybridized carbons (Fsp3) is 0.765. The number of H-pyrrole nitrogens is 1. The van der Waals surface area contributed by atoms with Crippen molar-refractivity contribution in [1.29, 1.82) is 0 Å². The monoisotopic (exact) mass is 318 g/mol. The smallest absolute Gasteiger partial charge is 0.274 e. The molecule has 6 heteroatoms. The Hall–Kier alpha value is -1.40. The Morgan fingerprint density at radius 2 is 1.96 bits per heavy atom. The first-order valence-electron chi connectivity index (χ1n) is 8.97. The van der Waals surface area contributed by atoms with Crippen LogP contribution in [0.15, 0.2) is 0 Å². The van der Waals surface area contributed by atoms with Gasteiger partial charge in [-0.05, 0) is 18.8 Å². The standard InChI is InChI=1S/C17H26N4O2/c22-17(21-6-8-23-9-7-21)16-14-11-20(12-15(14)18-19-16)10-13-4-2-1-3-5-13/h13H,1-12H2,(H,18,19). The van der Waals surface area contributed by atoms with Gasteiger partial charge in [0.05, 0.1) is 18.9 Å². The average molecular weight is 318 g/mol. The van der Waals surface area contributed by atoms with Crippen LogP contribution < -0.4 is 0 Å². The van der Waals surface area contributed by atoms with Gasteiger partial charge >= 0.3 is 0 Å². The zero-order valence-corrected chi connectivity index (χ0v) is 13.7. The SMILES string of the molecule is O=C(c1n[nH]c2c1CN(CC1CCCCC1)C2)N1CCOCC1. The first-order chi connectivity index (χ1) is 11.3. The van der Waals surface area contributed by atoms with Gasteiger partial charge in [-0.3, -0.25) is 14.8 Å². The molecule has 0 aromatic carbocycles. The van der Waals surface area contributed by atoms with Gasteiger partial charge in [0.25, 0.3) is 5.91 Å². The summed E-state index contributed by atoms with van der Waals surface area (Å²) in [6.07, 6.45) is 6.89. The van der Waals surface area contributed by atoms with Crippen LogP contribution in [0.5, 0.6) is 0 Å². The number of ether oxygens (including phenoxy) is 1. The second-order valence-corrected chi connectivity index (χ2v) is 7.11. The highest BCUT2D eigenvalue weighted by molar-refractivity contribution is 5.94. The number of nitrogens with zero attached hydrogens (tertiary/aromatic N) is 3. The van der Waals surface area contributed by atoms with Crippen LogP contribution >= 0.6 is 0 Å². The number of aromatic nitrogens is 2. The van der Waals surface area contributed by atoms with Crippen LogP contribution in [0.25, 0.3) is 0 Å². The number of fused-ring (bicyclic) bond motifs is 1. The lowest BCUT2D eigenvalue weighted by Crippen LogP contribution is -2.41. The molecule has 0 radical (unpaired) electrons. The van der Waals surface area contributed by atoms with E-state index in [0.717, 1.165) is 36.8 Å². The maximum absolute atomic E-state index is 12.7. The van der Waals surface area contributed by atoms with Gasteiger partial charge in [0.15, 0.2) is 5.69 Å². The van der Waals surface area contributed by atoms with Gasteiger partial charge in [-0.1, -0.05) is 19.3 Å². The van der Waals surface area contributed by atoms with Crippen molar-refractivity contribution < 1.29 is 9.53 Å². The van der Waals surface area contributed by atoms with Gasteiger partial charge in [-0.15, -0.1) is 0 Å². The second kappa shape index (κ2) is 6.61. The highest BCUT2D eigenvalue weighted by Crippen LogP contribution is 2.29. The van der Waals surface area contributed by atoms with Crippen molar-refractivity contribution in [2.24, 2.45) is 5.92 Å². The predicted octanol–water partition coefficient (Wildman–Crippen LogP) is 1.78. The summed E-state index contributed by atoms with van der Waals surface area (Å²) in [5.74, 6) is 0.893. The van der Waals surface area contributed by atoms with Crippen LogP contribution in [0.1, 0.15) is 53.8 Å². The summed E-state index contributed by atoms with van der Waals surface area (Å²) in [6, 6.07) is 0. The maximum Gasteiger partial charge on any atom is 0.274 e. The summed E-state index contributed by atoms with van der Waals surface area (Å²) < 4.78 is 5.33. The zero-order valence-electron chi connectivity index (χ0n) is 13.7. The number of carbonyl (C=O) groups excluding carboxylic acids is 1. The average Bonchev–Trinajstić information content (AvgIpc) is 3.16. The quantitative estimate of drug-likeness (QED) is 0.923. The molecule has 3 heterocycles. The number of hydrogen-bond donors (Lipinski definition) is 1. The van der Waals surface area contributed by atoms with E-state index in [0.29, 0.717) is 32.0 Å². The van der Waals surface area contributed by atoms with Crippen molar-refractivity contribution in [3.63, 3.8) is 0 Å². The highest BCUT2D eigenvalue weighted by Gasteiger charge is 2.31. The maximum atomic E-state index is 12.7. The normalized spacial score (nSPS) is 23.2. The lowest BCUT2D eigenvalue weighted by molar-refractivity contribution is 0.0297. The lowest BCUT2D eigenvalue weighted by Gasteiger charge is -2.27. The van der Waals surface area contributed by atoms with Gasteiger partial charge < -0.3 is 9.64 Å². The Labute approximate surface area is 137 Å². The van der Waals surface area contributed by atoms with Gasteiger partial charge in [-0.2, -0.15) is 5.10 Å². The molecule has 0 unspecified atom stereocenters. The van der Waals surface area contributed by atoms with E-state index in [-0.39, 0.29) is 5.91 Å². The molecule has 1 aromatic heterocycles. The van der Waals surface area contributed by atoms with E-state index in [1.807, 2.05) is 4.90 Å². The third-order valence-corrected chi connectivity index (χ3v) is 5.46. The molecule has 0 bridgehead atoms. The number of rotatable bonds is 3. The number of morpholine rings is 1. The van der Waals surface area contributed by atoms with Crippen molar-refractivity contribution in [1.82, 2.24) is 20.0 Å². The van der Waals surface area contributed by atoms with Crippen molar-refractivity contribution >= 4 is 5.91 Å². The Balaban J connectivity index is 1.41. The molecule has 1 aliphatic carbocycles. The Kier molecular flexibility index (Phi) is 4.35. The first-order valence-corrected chi connectivity index (χ1v) is 8.97. The van der Waals surface area contributed by atoms with Gasteiger partial charge in [0, 0.05) is 38.3 Å². The number of aromatic amines is 1. The summed E-state index contributed by atoms with van der Waals surface area (Å²) in [6.45, 7) is 5.55. The topological polar surface area (TPSA) is 61.5 Å². The molecule has 0 spiro atoms. The predicted molar refractivity (Wildman–Crippen MR) is 86.0 cm³/mol. The molecule has 126 valence electrons. The summed E-state index contributed by atoms with van der Waals surface area (Å²) in [7, 11) is 0. The van der Waals surface area contributed by atoms with Crippen molar-refractivity contribution in [2.75, 3.05) is 32.8 Å². The van der Waals surface area contributed by atoms with Crippen molar-refractivity contribution in [2.45, 2.75) is 45.2 Å². The molecule has 4 rings (SSSR count). The minimum absolute atomic E-state index is 0.0605. The van der Waals surface area contributed by atoms with E-state index >= 15 is 0 Å². The number of hydrogen-bond acceptors (Lipinski definition) is 4. The third-order valence-electron chi connectivity index (χ3n) is 5.46. The molecule has 2 aliphatic heterocycles. The molecule has 2 fully saturated rings. The van der Waals surface area contributed by atoms with E-state index in [4.69, 9.17) is 4.74 Å². The van der Waals surface area contributed by atoms with E-state index in [2.05, 4.69) is 15.1 Å². The Bertz CT molecular complexity index is 559. The molecule has 1 N–H and O–H groups in total. The molecule has 6 nitrogen and oxygen atoms in total. The Morgan fingerprint density at radius 3 is 2.74 bits per heavy atom. The van der Waals surface area contributed by atoms with E-state index in [9.17, 15) is 4.79 Å². The van der Waals surface area contributed by atoms with E-state index in [1.165, 1.54) is 32.1 Å². The molecular weight excluding hydrogens is 292 g/mol. The number of amides is 1. The van der Waals surface area contributed by atoms with E-state index < -0.39 is 0 Å². The van der Waals surface area contributed by atoms with Crippen LogP contribution in [-0.4, -0.2) is 58.8 Å². The minimum atomic E-state index is 0.0605. The molecular formula is C17H26N4O2. The molecule has 1 saturated heterocycles. The summed E-state index contributed by atoms with van der Waals surface area (Å²) in [4.78, 5) is 17.0. The van der Waals surface area contributed by atoms with Crippen LogP contribution in [-0.2, 0) is 17.8 Å². The molecule has 3 aliphatic rings. The van der Waals surface area contributed by atoms with Crippen molar-refractivity contribution in [3.8, 4) is 0 Å². The number of carbonyl (C=O) groups is 1. The van der Waals surface area contributed by atoms with Gasteiger partial charge in [-0.25, -0.2) is 0 Å². The largest absolute Gasteiger partial charge is 0.378 e. The molecule has 1 aromatic rings. The fourth-order valence-corrected chi connectivity index (χ4v) is 4.16. The molecule has 0 atom stereocenters. The first kappa shape index (κ1) is 15.1. The highest BCUT2D eigenvalue weighted by atomic mass is 16.5. The summed E-state index contributed by atoms with van der Waals surface area (Å²) in [5, 5.41) is 7.41.